The van der Waals surface area contributed by atoms with Gasteiger partial charge in [0.1, 0.15) is 17.2 Å². The molecule has 0 aliphatic heterocycles. The van der Waals surface area contributed by atoms with Gasteiger partial charge < -0.3 is 19.5 Å². The summed E-state index contributed by atoms with van der Waals surface area (Å²) in [6, 6.07) is 29.2. The number of nitro benzene ring substituents is 1. The Bertz CT molecular complexity index is 1250. The zero-order valence-electron chi connectivity index (χ0n) is 17.9. The third-order valence-electron chi connectivity index (χ3n) is 4.88. The molecule has 0 heterocycles. The van der Waals surface area contributed by atoms with Crippen LogP contribution in [-0.4, -0.2) is 10.0 Å². The fourth-order valence-electron chi connectivity index (χ4n) is 3.25. The quantitative estimate of drug-likeness (QED) is 0.119. The second-order valence-electron chi connectivity index (χ2n) is 7.26. The number of anilines is 1. The fraction of sp³-hybridized carbons (Fsp3) is 0.0400. The summed E-state index contributed by atoms with van der Waals surface area (Å²) >= 11 is 0. The van der Waals surface area contributed by atoms with Crippen LogP contribution in [0.1, 0.15) is 11.3 Å². The van der Waals surface area contributed by atoms with Gasteiger partial charge in [0.15, 0.2) is 5.78 Å². The molecule has 0 aliphatic rings. The van der Waals surface area contributed by atoms with Crippen LogP contribution in [0.4, 0.5) is 11.4 Å². The van der Waals surface area contributed by atoms with E-state index >= 15 is 0 Å². The third kappa shape index (κ3) is 5.36. The Morgan fingerprint density at radius 1 is 0.765 bits per heavy atom. The summed E-state index contributed by atoms with van der Waals surface area (Å²) in [7, 11) is -4.11. The van der Waals surface area contributed by atoms with Crippen molar-refractivity contribution in [2.75, 3.05) is 5.32 Å². The van der Waals surface area contributed by atoms with Gasteiger partial charge in [-0.25, -0.2) is 4.57 Å². The summed E-state index contributed by atoms with van der Waals surface area (Å²) in [4.78, 5) is 10.6. The molecule has 0 saturated carbocycles. The lowest BCUT2D eigenvalue weighted by Crippen LogP contribution is -2.18. The van der Waals surface area contributed by atoms with E-state index in [1.807, 2.05) is 0 Å². The van der Waals surface area contributed by atoms with Gasteiger partial charge in [0, 0.05) is 12.1 Å². The molecular weight excluding hydrogens is 455 g/mol. The molecule has 0 fully saturated rings. The number of hydrogen-bond donors (Lipinski definition) is 2. The Kier molecular flexibility index (Phi) is 6.80. The lowest BCUT2D eigenvalue weighted by Gasteiger charge is -2.29. The summed E-state index contributed by atoms with van der Waals surface area (Å²) in [6.07, 6.45) is 0. The first kappa shape index (κ1) is 22.9. The van der Waals surface area contributed by atoms with Crippen molar-refractivity contribution in [3.8, 4) is 17.2 Å². The number of nitrogens with zero attached hydrogens (tertiary/aromatic N) is 1. The average molecular weight is 476 g/mol. The van der Waals surface area contributed by atoms with E-state index in [1.54, 1.807) is 78.9 Å². The van der Waals surface area contributed by atoms with Gasteiger partial charge in [0.05, 0.1) is 10.6 Å². The summed E-state index contributed by atoms with van der Waals surface area (Å²) in [5.74, 6) is -0.567. The molecule has 0 aliphatic carbocycles. The number of benzene rings is 4. The van der Waals surface area contributed by atoms with Gasteiger partial charge in [-0.2, -0.15) is 0 Å². The van der Waals surface area contributed by atoms with Crippen molar-refractivity contribution in [2.24, 2.45) is 0 Å². The monoisotopic (exact) mass is 476 g/mol. The summed E-state index contributed by atoms with van der Waals surface area (Å²) < 4.78 is 26.4. The van der Waals surface area contributed by atoms with E-state index in [9.17, 15) is 19.8 Å². The Morgan fingerprint density at radius 2 is 1.26 bits per heavy atom. The third-order valence-corrected chi connectivity index (χ3v) is 6.87. The van der Waals surface area contributed by atoms with Crippen LogP contribution in [0.25, 0.3) is 0 Å². The number of nitrogens with one attached hydrogen (secondary N) is 1. The molecule has 4 rings (SSSR count). The molecule has 0 spiro atoms. The standard InChI is InChI=1S/C25H21N2O6P/c28-24-14-8-7-13-23(24)26-25(19-15-17-20(18-16-19)27(29)30)34(31,32-21-9-3-1-4-10-21)33-22-11-5-2-6-12-22/h1-18,25-26,28H. The predicted molar refractivity (Wildman–Crippen MR) is 129 cm³/mol. The highest BCUT2D eigenvalue weighted by atomic mass is 31.2. The van der Waals surface area contributed by atoms with Crippen LogP contribution in [0.2, 0.25) is 0 Å². The van der Waals surface area contributed by atoms with Crippen LogP contribution in [0.3, 0.4) is 0 Å². The van der Waals surface area contributed by atoms with Crippen LogP contribution < -0.4 is 14.4 Å². The molecule has 34 heavy (non-hydrogen) atoms. The second-order valence-corrected chi connectivity index (χ2v) is 9.22. The van der Waals surface area contributed by atoms with E-state index in [0.717, 1.165) is 0 Å². The number of rotatable bonds is 9. The Labute approximate surface area is 196 Å². The first-order valence-corrected chi connectivity index (χ1v) is 11.9. The van der Waals surface area contributed by atoms with Crippen LogP contribution in [-0.2, 0) is 4.57 Å². The first-order chi connectivity index (χ1) is 16.4. The largest absolute Gasteiger partial charge is 0.506 e. The lowest BCUT2D eigenvalue weighted by molar-refractivity contribution is -0.384. The lowest BCUT2D eigenvalue weighted by atomic mass is 10.2. The van der Waals surface area contributed by atoms with Gasteiger partial charge in [0.25, 0.3) is 5.69 Å². The maximum absolute atomic E-state index is 14.5. The molecule has 1 atom stereocenters. The molecule has 4 aromatic rings. The molecule has 0 radical (unpaired) electrons. The summed E-state index contributed by atoms with van der Waals surface area (Å²) in [5.41, 5.74) is 0.580. The molecule has 1 unspecified atom stereocenters. The van der Waals surface area contributed by atoms with E-state index in [-0.39, 0.29) is 11.4 Å². The van der Waals surface area contributed by atoms with Crippen LogP contribution in [0.15, 0.2) is 109 Å². The van der Waals surface area contributed by atoms with Crippen molar-refractivity contribution >= 4 is 19.0 Å². The van der Waals surface area contributed by atoms with Crippen molar-refractivity contribution in [3.05, 3.63) is 125 Å². The minimum absolute atomic E-state index is 0.0691. The highest BCUT2D eigenvalue weighted by Gasteiger charge is 2.41. The molecule has 0 saturated heterocycles. The van der Waals surface area contributed by atoms with Gasteiger partial charge in [-0.15, -0.1) is 0 Å². The topological polar surface area (TPSA) is 111 Å². The maximum Gasteiger partial charge on any atom is 0.457 e. The molecule has 0 amide bonds. The highest BCUT2D eigenvalue weighted by Crippen LogP contribution is 2.60. The smallest absolute Gasteiger partial charge is 0.457 e. The molecule has 172 valence electrons. The predicted octanol–water partition coefficient (Wildman–Crippen LogP) is 6.76. The molecule has 8 nitrogen and oxygen atoms in total. The summed E-state index contributed by atoms with van der Waals surface area (Å²) in [6.45, 7) is 0. The van der Waals surface area contributed by atoms with Crippen LogP contribution in [0.5, 0.6) is 17.2 Å². The van der Waals surface area contributed by atoms with E-state index in [1.165, 1.54) is 30.3 Å². The normalized spacial score (nSPS) is 11.9. The van der Waals surface area contributed by atoms with Crippen LogP contribution >= 0.6 is 7.60 Å². The second kappa shape index (κ2) is 10.1. The number of phenolic OH excluding ortho intramolecular Hbond substituents is 1. The van der Waals surface area contributed by atoms with E-state index in [4.69, 9.17) is 9.05 Å². The van der Waals surface area contributed by atoms with E-state index in [2.05, 4.69) is 5.32 Å². The van der Waals surface area contributed by atoms with E-state index < -0.39 is 18.3 Å². The molecule has 2 N–H and O–H groups in total. The number of nitro groups is 1. The van der Waals surface area contributed by atoms with Crippen molar-refractivity contribution < 1.29 is 23.6 Å². The van der Waals surface area contributed by atoms with Gasteiger partial charge in [-0.05, 0) is 54.1 Å². The number of non-ortho nitro benzene ring substituents is 1. The molecule has 4 aromatic carbocycles. The molecule has 9 heteroatoms. The Hall–Kier alpha value is -4.29. The Balaban J connectivity index is 1.82. The highest BCUT2D eigenvalue weighted by molar-refractivity contribution is 7.55. The van der Waals surface area contributed by atoms with Crippen molar-refractivity contribution in [3.63, 3.8) is 0 Å². The van der Waals surface area contributed by atoms with Gasteiger partial charge in [0.2, 0.25) is 0 Å². The van der Waals surface area contributed by atoms with Crippen LogP contribution in [0, 0.1) is 10.1 Å². The zero-order valence-corrected chi connectivity index (χ0v) is 18.7. The zero-order chi connectivity index (χ0) is 24.0. The molecule has 0 bridgehead atoms. The number of aromatic hydroxyl groups is 1. The van der Waals surface area contributed by atoms with Crippen molar-refractivity contribution in [1.82, 2.24) is 0 Å². The van der Waals surface area contributed by atoms with Gasteiger partial charge in [-0.1, -0.05) is 48.5 Å². The molecular formula is C25H21N2O6P. The summed E-state index contributed by atoms with van der Waals surface area (Å²) in [5, 5.41) is 24.6. The molecule has 0 aromatic heterocycles. The number of hydrogen-bond acceptors (Lipinski definition) is 7. The minimum Gasteiger partial charge on any atom is -0.506 e. The maximum atomic E-state index is 14.5. The van der Waals surface area contributed by atoms with Gasteiger partial charge in [-0.3, -0.25) is 10.1 Å². The number of para-hydroxylation sites is 4. The number of phenols is 1. The Morgan fingerprint density at radius 3 is 1.76 bits per heavy atom. The van der Waals surface area contributed by atoms with E-state index in [0.29, 0.717) is 22.7 Å². The minimum atomic E-state index is -4.11. The van der Waals surface area contributed by atoms with Gasteiger partial charge >= 0.3 is 7.60 Å². The van der Waals surface area contributed by atoms with Crippen molar-refractivity contribution in [2.45, 2.75) is 5.78 Å². The average Bonchev–Trinajstić information content (AvgIpc) is 2.85. The first-order valence-electron chi connectivity index (χ1n) is 10.3. The fourth-order valence-corrected chi connectivity index (χ4v) is 5.16. The SMILES string of the molecule is O=[N+]([O-])c1ccc(C(Nc2ccccc2O)P(=O)(Oc2ccccc2)Oc2ccccc2)cc1. The van der Waals surface area contributed by atoms with Crippen molar-refractivity contribution in [1.29, 1.82) is 0 Å².